The number of carbonyl (C=O) groups is 1. The minimum absolute atomic E-state index is 0.153. The number of anilines is 1. The lowest BCUT2D eigenvalue weighted by Gasteiger charge is -2.22. The number of nitrogens with zero attached hydrogens (tertiary/aromatic N) is 2. The van der Waals surface area contributed by atoms with Crippen LogP contribution in [0.5, 0.6) is 5.75 Å². The van der Waals surface area contributed by atoms with Crippen molar-refractivity contribution in [2.75, 3.05) is 31.6 Å². The molecule has 2 aromatic heterocycles. The second kappa shape index (κ2) is 6.86. The molecule has 28 heavy (non-hydrogen) atoms. The molecule has 2 fully saturated rings. The Labute approximate surface area is 163 Å². The van der Waals surface area contributed by atoms with Crippen LogP contribution in [0.4, 0.5) is 5.69 Å². The van der Waals surface area contributed by atoms with E-state index in [1.54, 1.807) is 25.6 Å². The number of piperidine rings is 1. The number of furan rings is 1. The number of hydrogen-bond acceptors (Lipinski definition) is 5. The molecule has 1 unspecified atom stereocenters. The number of fused-ring (bicyclic) bond motifs is 2. The van der Waals surface area contributed by atoms with E-state index in [0.29, 0.717) is 23.8 Å². The van der Waals surface area contributed by atoms with Gasteiger partial charge in [-0.3, -0.25) is 9.78 Å². The Balaban J connectivity index is 1.10. The van der Waals surface area contributed by atoms with E-state index in [4.69, 9.17) is 9.15 Å². The Morgan fingerprint density at radius 2 is 2.14 bits per heavy atom. The first-order valence-electron chi connectivity index (χ1n) is 9.73. The summed E-state index contributed by atoms with van der Waals surface area (Å²) in [4.78, 5) is 18.8. The SMILES string of the molecule is COc1cccc(N2C[C@@H]3C(CCNC(=O)c4cc5ccncc5o4)[C@@H]3C2)c1. The van der Waals surface area contributed by atoms with E-state index >= 15 is 0 Å². The number of amides is 1. The topological polar surface area (TPSA) is 67.6 Å². The normalized spacial score (nSPS) is 22.9. The highest BCUT2D eigenvalue weighted by Gasteiger charge is 2.54. The number of benzene rings is 1. The predicted octanol–water partition coefficient (Wildman–Crippen LogP) is 3.34. The highest BCUT2D eigenvalue weighted by atomic mass is 16.5. The van der Waals surface area contributed by atoms with Gasteiger partial charge in [-0.25, -0.2) is 0 Å². The molecule has 1 saturated heterocycles. The molecule has 0 radical (unpaired) electrons. The van der Waals surface area contributed by atoms with Crippen molar-refractivity contribution in [1.82, 2.24) is 10.3 Å². The van der Waals surface area contributed by atoms with E-state index < -0.39 is 0 Å². The summed E-state index contributed by atoms with van der Waals surface area (Å²) in [5.41, 5.74) is 1.87. The molecule has 1 N–H and O–H groups in total. The van der Waals surface area contributed by atoms with Crippen molar-refractivity contribution in [2.45, 2.75) is 6.42 Å². The lowest BCUT2D eigenvalue weighted by Crippen LogP contribution is -2.27. The smallest absolute Gasteiger partial charge is 0.287 e. The molecule has 6 heteroatoms. The van der Waals surface area contributed by atoms with Crippen LogP contribution in [0, 0.1) is 17.8 Å². The monoisotopic (exact) mass is 377 g/mol. The molecule has 2 aliphatic rings. The summed E-state index contributed by atoms with van der Waals surface area (Å²) < 4.78 is 10.9. The van der Waals surface area contributed by atoms with Crippen LogP contribution in [0.25, 0.3) is 11.0 Å². The first-order chi connectivity index (χ1) is 13.7. The maximum atomic E-state index is 12.3. The number of methoxy groups -OCH3 is 1. The highest BCUT2D eigenvalue weighted by Crippen LogP contribution is 2.54. The molecule has 3 aromatic rings. The fourth-order valence-electron chi connectivity index (χ4n) is 4.53. The molecule has 0 bridgehead atoms. The molecule has 1 amide bonds. The zero-order valence-electron chi connectivity index (χ0n) is 15.8. The van der Waals surface area contributed by atoms with Crippen molar-refractivity contribution in [3.05, 3.63) is 54.6 Å². The van der Waals surface area contributed by atoms with Gasteiger partial charge in [0, 0.05) is 43.0 Å². The van der Waals surface area contributed by atoms with E-state index in [2.05, 4.69) is 27.3 Å². The minimum Gasteiger partial charge on any atom is -0.497 e. The number of nitrogens with one attached hydrogen (secondary N) is 1. The lowest BCUT2D eigenvalue weighted by molar-refractivity contribution is 0.0926. The van der Waals surface area contributed by atoms with Gasteiger partial charge in [0.05, 0.1) is 13.3 Å². The molecule has 5 rings (SSSR count). The Bertz CT molecular complexity index is 970. The third-order valence-corrected chi connectivity index (χ3v) is 6.10. The van der Waals surface area contributed by atoms with Crippen LogP contribution >= 0.6 is 0 Å². The van der Waals surface area contributed by atoms with Crippen LogP contribution in [0.15, 0.2) is 53.2 Å². The fraction of sp³-hybridized carbons (Fsp3) is 0.364. The molecule has 0 spiro atoms. The van der Waals surface area contributed by atoms with E-state index in [0.717, 1.165) is 42.5 Å². The molecular formula is C22H23N3O3. The van der Waals surface area contributed by atoms with Crippen molar-refractivity contribution < 1.29 is 13.9 Å². The van der Waals surface area contributed by atoms with Crippen LogP contribution in [-0.4, -0.2) is 37.6 Å². The molecule has 3 atom stereocenters. The predicted molar refractivity (Wildman–Crippen MR) is 107 cm³/mol. The van der Waals surface area contributed by atoms with Gasteiger partial charge in [-0.15, -0.1) is 0 Å². The average molecular weight is 377 g/mol. The third-order valence-electron chi connectivity index (χ3n) is 6.10. The summed E-state index contributed by atoms with van der Waals surface area (Å²) in [5.74, 6) is 3.28. The van der Waals surface area contributed by atoms with Gasteiger partial charge in [0.15, 0.2) is 11.3 Å². The molecule has 144 valence electrons. The molecule has 3 heterocycles. The zero-order chi connectivity index (χ0) is 19.1. The molecular weight excluding hydrogens is 354 g/mol. The van der Waals surface area contributed by atoms with Gasteiger partial charge in [0.25, 0.3) is 5.91 Å². The van der Waals surface area contributed by atoms with Crippen molar-refractivity contribution in [2.24, 2.45) is 17.8 Å². The van der Waals surface area contributed by atoms with Gasteiger partial charge in [0.1, 0.15) is 5.75 Å². The van der Waals surface area contributed by atoms with E-state index in [1.807, 2.05) is 18.2 Å². The van der Waals surface area contributed by atoms with E-state index in [1.165, 1.54) is 5.69 Å². The molecule has 1 aliphatic carbocycles. The maximum absolute atomic E-state index is 12.3. The van der Waals surface area contributed by atoms with Crippen LogP contribution < -0.4 is 15.0 Å². The third kappa shape index (κ3) is 3.09. The fourth-order valence-corrected chi connectivity index (χ4v) is 4.53. The summed E-state index contributed by atoms with van der Waals surface area (Å²) in [6.07, 6.45) is 4.35. The summed E-state index contributed by atoms with van der Waals surface area (Å²) in [5, 5.41) is 3.89. The summed E-state index contributed by atoms with van der Waals surface area (Å²) in [7, 11) is 1.70. The van der Waals surface area contributed by atoms with Crippen LogP contribution in [0.1, 0.15) is 17.0 Å². The minimum atomic E-state index is -0.153. The Morgan fingerprint density at radius 1 is 1.29 bits per heavy atom. The molecule has 6 nitrogen and oxygen atoms in total. The van der Waals surface area contributed by atoms with Gasteiger partial charge in [-0.2, -0.15) is 0 Å². The largest absolute Gasteiger partial charge is 0.497 e. The van der Waals surface area contributed by atoms with Gasteiger partial charge in [0.2, 0.25) is 0 Å². The molecule has 1 aromatic carbocycles. The van der Waals surface area contributed by atoms with Crippen molar-refractivity contribution in [3.63, 3.8) is 0 Å². The van der Waals surface area contributed by atoms with Gasteiger partial charge >= 0.3 is 0 Å². The summed E-state index contributed by atoms with van der Waals surface area (Å²) in [6.45, 7) is 2.87. The van der Waals surface area contributed by atoms with Crippen LogP contribution in [-0.2, 0) is 0 Å². The Hall–Kier alpha value is -3.02. The number of rotatable bonds is 6. The number of carbonyl (C=O) groups excluding carboxylic acids is 1. The van der Waals surface area contributed by atoms with E-state index in [9.17, 15) is 4.79 Å². The number of hydrogen-bond donors (Lipinski definition) is 1. The zero-order valence-corrected chi connectivity index (χ0v) is 15.8. The summed E-state index contributed by atoms with van der Waals surface area (Å²) >= 11 is 0. The van der Waals surface area contributed by atoms with Gasteiger partial charge in [-0.1, -0.05) is 6.07 Å². The standard InChI is InChI=1S/C22H23N3O3/c1-27-16-4-2-3-15(10-16)25-12-18-17(19(18)13-25)6-8-24-22(26)20-9-14-5-7-23-11-21(14)28-20/h2-5,7,9-11,17-19H,6,8,12-13H2,1H3,(H,24,26)/t17?,18-,19+. The average Bonchev–Trinajstić information content (AvgIpc) is 3.10. The second-order valence-electron chi connectivity index (χ2n) is 7.67. The van der Waals surface area contributed by atoms with Crippen LogP contribution in [0.2, 0.25) is 0 Å². The van der Waals surface area contributed by atoms with Crippen LogP contribution in [0.3, 0.4) is 0 Å². The molecule has 1 aliphatic heterocycles. The first kappa shape index (κ1) is 17.1. The second-order valence-corrected chi connectivity index (χ2v) is 7.67. The lowest BCUT2D eigenvalue weighted by atomic mass is 10.1. The number of aromatic nitrogens is 1. The van der Waals surface area contributed by atoms with Crippen molar-refractivity contribution in [3.8, 4) is 5.75 Å². The molecule has 1 saturated carbocycles. The summed E-state index contributed by atoms with van der Waals surface area (Å²) in [6, 6.07) is 11.9. The quantitative estimate of drug-likeness (QED) is 0.714. The van der Waals surface area contributed by atoms with Gasteiger partial charge < -0.3 is 19.4 Å². The number of ether oxygens (including phenoxy) is 1. The van der Waals surface area contributed by atoms with Gasteiger partial charge in [-0.05, 0) is 48.4 Å². The number of pyridine rings is 1. The first-order valence-corrected chi connectivity index (χ1v) is 9.73. The van der Waals surface area contributed by atoms with E-state index in [-0.39, 0.29) is 5.91 Å². The highest BCUT2D eigenvalue weighted by molar-refractivity contribution is 5.95. The Morgan fingerprint density at radius 3 is 2.93 bits per heavy atom. The Kier molecular flexibility index (Phi) is 4.19. The maximum Gasteiger partial charge on any atom is 0.287 e. The van der Waals surface area contributed by atoms with Crippen molar-refractivity contribution >= 4 is 22.6 Å². The van der Waals surface area contributed by atoms with Crippen molar-refractivity contribution in [1.29, 1.82) is 0 Å².